The lowest BCUT2D eigenvalue weighted by Crippen LogP contribution is -2.33. The summed E-state index contributed by atoms with van der Waals surface area (Å²) in [6.07, 6.45) is 2.11. The Morgan fingerprint density at radius 3 is 2.50 bits per heavy atom. The van der Waals surface area contributed by atoms with Gasteiger partial charge in [0.25, 0.3) is 0 Å². The maximum absolute atomic E-state index is 5.53. The third-order valence-electron chi connectivity index (χ3n) is 2.11. The molecule has 0 bridgehead atoms. The minimum Gasteiger partial charge on any atom is -0.330 e. The number of nitrogens with one attached hydrogen (secondary N) is 2. The first-order valence-electron chi connectivity index (χ1n) is 5.43. The third-order valence-corrected chi connectivity index (χ3v) is 2.11. The van der Waals surface area contributed by atoms with Crippen molar-refractivity contribution in [3.05, 3.63) is 12.3 Å². The van der Waals surface area contributed by atoms with Crippen LogP contribution in [0.5, 0.6) is 0 Å². The van der Waals surface area contributed by atoms with Crippen molar-refractivity contribution in [3.8, 4) is 0 Å². The van der Waals surface area contributed by atoms with Gasteiger partial charge in [-0.25, -0.2) is 5.43 Å². The van der Waals surface area contributed by atoms with Crippen LogP contribution in [0, 0.1) is 11.8 Å². The van der Waals surface area contributed by atoms with Crippen LogP contribution in [0.15, 0.2) is 12.3 Å². The van der Waals surface area contributed by atoms with E-state index < -0.39 is 0 Å². The van der Waals surface area contributed by atoms with Crippen LogP contribution in [-0.2, 0) is 0 Å². The average Bonchev–Trinajstić information content (AvgIpc) is 2.12. The molecule has 0 rings (SSSR count). The normalized spacial score (nSPS) is 12.9. The van der Waals surface area contributed by atoms with Crippen LogP contribution >= 0.6 is 0 Å². The van der Waals surface area contributed by atoms with Gasteiger partial charge in [-0.1, -0.05) is 27.4 Å². The summed E-state index contributed by atoms with van der Waals surface area (Å²) in [4.78, 5) is 0. The van der Waals surface area contributed by atoms with Crippen molar-refractivity contribution in [2.75, 3.05) is 13.1 Å². The Morgan fingerprint density at radius 1 is 1.36 bits per heavy atom. The van der Waals surface area contributed by atoms with Gasteiger partial charge in [-0.15, -0.1) is 0 Å². The minimum atomic E-state index is 0.502. The number of hydrogen-bond acceptors (Lipinski definition) is 3. The van der Waals surface area contributed by atoms with Crippen molar-refractivity contribution in [1.29, 1.82) is 0 Å². The quantitative estimate of drug-likeness (QED) is 0.411. The largest absolute Gasteiger partial charge is 0.330 e. The van der Waals surface area contributed by atoms with Gasteiger partial charge in [0, 0.05) is 12.2 Å². The van der Waals surface area contributed by atoms with E-state index in [1.165, 1.54) is 6.42 Å². The zero-order chi connectivity index (χ0) is 11.0. The first-order chi connectivity index (χ1) is 6.56. The summed E-state index contributed by atoms with van der Waals surface area (Å²) < 4.78 is 0. The fraction of sp³-hybridized carbons (Fsp3) is 0.818. The fourth-order valence-electron chi connectivity index (χ4n) is 1.10. The molecule has 0 heterocycles. The number of hydrogen-bond donors (Lipinski definition) is 3. The van der Waals surface area contributed by atoms with Gasteiger partial charge in [0.05, 0.1) is 0 Å². The zero-order valence-electron chi connectivity index (χ0n) is 9.77. The van der Waals surface area contributed by atoms with E-state index in [2.05, 4.69) is 38.2 Å². The van der Waals surface area contributed by atoms with Crippen LogP contribution in [0.3, 0.4) is 0 Å². The second kappa shape index (κ2) is 7.83. The molecule has 0 aliphatic heterocycles. The smallest absolute Gasteiger partial charge is 0.0193 e. The van der Waals surface area contributed by atoms with E-state index in [0.717, 1.165) is 24.6 Å². The molecule has 0 aromatic carbocycles. The number of rotatable bonds is 8. The summed E-state index contributed by atoms with van der Waals surface area (Å²) in [6, 6.07) is 0. The predicted octanol–water partition coefficient (Wildman–Crippen LogP) is 1.63. The Labute approximate surface area is 88.1 Å². The molecule has 0 saturated heterocycles. The lowest BCUT2D eigenvalue weighted by molar-refractivity contribution is 0.481. The molecule has 0 aromatic heterocycles. The molecule has 0 aliphatic carbocycles. The molecule has 0 fully saturated rings. The molecule has 14 heavy (non-hydrogen) atoms. The maximum atomic E-state index is 5.53. The van der Waals surface area contributed by atoms with Crippen LogP contribution in [0.25, 0.3) is 0 Å². The summed E-state index contributed by atoms with van der Waals surface area (Å²) in [7, 11) is 0. The highest BCUT2D eigenvalue weighted by molar-refractivity contribution is 4.90. The van der Waals surface area contributed by atoms with E-state index in [1.54, 1.807) is 0 Å². The summed E-state index contributed by atoms with van der Waals surface area (Å²) in [5.41, 5.74) is 12.8. The van der Waals surface area contributed by atoms with Gasteiger partial charge in [0.1, 0.15) is 0 Å². The number of nitrogens with two attached hydrogens (primary N) is 1. The minimum absolute atomic E-state index is 0.502. The van der Waals surface area contributed by atoms with Gasteiger partial charge in [-0.2, -0.15) is 0 Å². The molecule has 3 nitrogen and oxygen atoms in total. The van der Waals surface area contributed by atoms with Crippen LogP contribution in [0.4, 0.5) is 0 Å². The van der Waals surface area contributed by atoms with E-state index in [1.807, 2.05) is 0 Å². The second-order valence-electron chi connectivity index (χ2n) is 4.38. The van der Waals surface area contributed by atoms with Gasteiger partial charge in [-0.05, 0) is 31.2 Å². The lowest BCUT2D eigenvalue weighted by Gasteiger charge is -2.14. The zero-order valence-corrected chi connectivity index (χ0v) is 9.77. The van der Waals surface area contributed by atoms with Crippen LogP contribution in [0.2, 0.25) is 0 Å². The van der Waals surface area contributed by atoms with Crippen LogP contribution in [0.1, 0.15) is 33.6 Å². The first-order valence-corrected chi connectivity index (χ1v) is 5.43. The summed E-state index contributed by atoms with van der Waals surface area (Å²) in [5.74, 6) is 1.24. The summed E-state index contributed by atoms with van der Waals surface area (Å²) >= 11 is 0. The fourth-order valence-corrected chi connectivity index (χ4v) is 1.10. The van der Waals surface area contributed by atoms with Gasteiger partial charge in [0.15, 0.2) is 0 Å². The Balaban J connectivity index is 3.36. The molecule has 4 N–H and O–H groups in total. The molecule has 84 valence electrons. The second-order valence-corrected chi connectivity index (χ2v) is 4.38. The number of hydrazine groups is 1. The highest BCUT2D eigenvalue weighted by Crippen LogP contribution is 2.04. The molecule has 1 unspecified atom stereocenters. The van der Waals surface area contributed by atoms with Crippen molar-refractivity contribution in [1.82, 2.24) is 10.9 Å². The average molecular weight is 199 g/mol. The van der Waals surface area contributed by atoms with E-state index in [0.29, 0.717) is 12.5 Å². The van der Waals surface area contributed by atoms with Crippen molar-refractivity contribution in [3.63, 3.8) is 0 Å². The Bertz CT molecular complexity index is 155. The Morgan fingerprint density at radius 2 is 2.00 bits per heavy atom. The van der Waals surface area contributed by atoms with Gasteiger partial charge >= 0.3 is 0 Å². The molecule has 0 aliphatic rings. The Hall–Kier alpha value is -0.540. The lowest BCUT2D eigenvalue weighted by atomic mass is 10.1. The van der Waals surface area contributed by atoms with Crippen molar-refractivity contribution >= 4 is 0 Å². The van der Waals surface area contributed by atoms with Gasteiger partial charge < -0.3 is 11.2 Å². The van der Waals surface area contributed by atoms with E-state index in [-0.39, 0.29) is 0 Å². The van der Waals surface area contributed by atoms with Crippen molar-refractivity contribution < 1.29 is 0 Å². The molecule has 0 saturated carbocycles. The van der Waals surface area contributed by atoms with Crippen LogP contribution in [-0.4, -0.2) is 13.1 Å². The summed E-state index contributed by atoms with van der Waals surface area (Å²) in [5, 5.41) is 0. The summed E-state index contributed by atoms with van der Waals surface area (Å²) in [6.45, 7) is 12.2. The number of allylic oxidation sites excluding steroid dienone is 1. The molecule has 0 radical (unpaired) electrons. The molecule has 0 amide bonds. The highest BCUT2D eigenvalue weighted by atomic mass is 15.4. The van der Waals surface area contributed by atoms with E-state index in [9.17, 15) is 0 Å². The molecular weight excluding hydrogens is 174 g/mol. The molecular formula is C11H25N3. The van der Waals surface area contributed by atoms with Gasteiger partial charge in [-0.3, -0.25) is 0 Å². The standard InChI is InChI=1S/C11H25N3/c1-9(2)5-6-13-14-11(4)7-10(3)8-12/h9-10,13-14H,4-8,12H2,1-3H3. The molecule has 0 spiro atoms. The Kier molecular flexibility index (Phi) is 7.52. The van der Waals surface area contributed by atoms with Crippen molar-refractivity contribution in [2.24, 2.45) is 17.6 Å². The highest BCUT2D eigenvalue weighted by Gasteiger charge is 2.01. The third kappa shape index (κ3) is 8.08. The topological polar surface area (TPSA) is 50.1 Å². The van der Waals surface area contributed by atoms with E-state index >= 15 is 0 Å². The first kappa shape index (κ1) is 13.5. The van der Waals surface area contributed by atoms with Crippen LogP contribution < -0.4 is 16.6 Å². The molecule has 0 aromatic rings. The SMILES string of the molecule is C=C(CC(C)CN)NNCCC(C)C. The maximum Gasteiger partial charge on any atom is 0.0193 e. The molecule has 1 atom stereocenters. The molecule has 3 heteroatoms. The van der Waals surface area contributed by atoms with E-state index in [4.69, 9.17) is 5.73 Å². The van der Waals surface area contributed by atoms with Gasteiger partial charge in [0.2, 0.25) is 0 Å². The monoisotopic (exact) mass is 199 g/mol. The van der Waals surface area contributed by atoms with Crippen molar-refractivity contribution in [2.45, 2.75) is 33.6 Å². The predicted molar refractivity (Wildman–Crippen MR) is 62.6 cm³/mol.